The smallest absolute Gasteiger partial charge is 0.251 e. The van der Waals surface area contributed by atoms with Gasteiger partial charge in [0.15, 0.2) is 0 Å². The largest absolute Gasteiger partial charge is 0.341 e. The van der Waals surface area contributed by atoms with E-state index in [-0.39, 0.29) is 30.3 Å². The lowest BCUT2D eigenvalue weighted by molar-refractivity contribution is -0.136. The van der Waals surface area contributed by atoms with E-state index in [2.05, 4.69) is 10.6 Å². The minimum Gasteiger partial charge on any atom is -0.341 e. The highest BCUT2D eigenvalue weighted by Gasteiger charge is 2.31. The fourth-order valence-electron chi connectivity index (χ4n) is 3.16. The first kappa shape index (κ1) is 21.2. The molecule has 1 aliphatic rings. The maximum absolute atomic E-state index is 13.0. The van der Waals surface area contributed by atoms with Gasteiger partial charge in [0.2, 0.25) is 5.91 Å². The van der Waals surface area contributed by atoms with Gasteiger partial charge in [0.1, 0.15) is 6.04 Å². The van der Waals surface area contributed by atoms with Crippen molar-refractivity contribution in [1.82, 2.24) is 15.5 Å². The highest BCUT2D eigenvalue weighted by Crippen LogP contribution is 2.25. The summed E-state index contributed by atoms with van der Waals surface area (Å²) in [6.07, 6.45) is 0. The van der Waals surface area contributed by atoms with Gasteiger partial charge in [0.05, 0.1) is 6.04 Å². The van der Waals surface area contributed by atoms with E-state index in [1.807, 2.05) is 35.2 Å². The average Bonchev–Trinajstić information content (AvgIpc) is 2.68. The van der Waals surface area contributed by atoms with Crippen molar-refractivity contribution >= 4 is 35.8 Å². The zero-order valence-corrected chi connectivity index (χ0v) is 16.6. The summed E-state index contributed by atoms with van der Waals surface area (Å²) in [7, 11) is 0. The van der Waals surface area contributed by atoms with Crippen molar-refractivity contribution in [2.24, 2.45) is 0 Å². The highest BCUT2D eigenvalue weighted by atomic mass is 35.5. The molecular weight excluding hydrogens is 385 g/mol. The monoisotopic (exact) mass is 407 g/mol. The van der Waals surface area contributed by atoms with E-state index in [1.54, 1.807) is 31.2 Å². The lowest BCUT2D eigenvalue weighted by Crippen LogP contribution is -2.54. The molecule has 0 spiro atoms. The number of nitrogens with zero attached hydrogens (tertiary/aromatic N) is 1. The van der Waals surface area contributed by atoms with Crippen LogP contribution in [0.15, 0.2) is 54.6 Å². The van der Waals surface area contributed by atoms with Crippen LogP contribution in [0.1, 0.15) is 28.9 Å². The molecular formula is C20H23Cl2N3O2. The third-order valence-corrected chi connectivity index (χ3v) is 4.75. The summed E-state index contributed by atoms with van der Waals surface area (Å²) >= 11 is 6.11. The quantitative estimate of drug-likeness (QED) is 0.818. The van der Waals surface area contributed by atoms with E-state index in [4.69, 9.17) is 11.6 Å². The van der Waals surface area contributed by atoms with Crippen molar-refractivity contribution in [1.29, 1.82) is 0 Å². The Labute approximate surface area is 170 Å². The van der Waals surface area contributed by atoms with Gasteiger partial charge in [-0.25, -0.2) is 0 Å². The number of halogens is 2. The second kappa shape index (κ2) is 9.74. The summed E-state index contributed by atoms with van der Waals surface area (Å²) in [5.41, 5.74) is 1.53. The first-order valence-electron chi connectivity index (χ1n) is 8.69. The van der Waals surface area contributed by atoms with Crippen LogP contribution in [-0.2, 0) is 4.79 Å². The molecule has 0 aromatic heterocycles. The summed E-state index contributed by atoms with van der Waals surface area (Å²) in [6.45, 7) is 3.69. The molecule has 0 bridgehead atoms. The Hall–Kier alpha value is -2.08. The number of hydrogen-bond acceptors (Lipinski definition) is 3. The Morgan fingerprint density at radius 3 is 2.63 bits per heavy atom. The third-order valence-electron chi connectivity index (χ3n) is 4.51. The highest BCUT2D eigenvalue weighted by molar-refractivity contribution is 6.30. The molecule has 1 saturated heterocycles. The molecule has 2 aromatic carbocycles. The van der Waals surface area contributed by atoms with Crippen LogP contribution in [0.2, 0.25) is 5.02 Å². The normalized spacial score (nSPS) is 17.6. The Balaban J connectivity index is 0.00000261. The summed E-state index contributed by atoms with van der Waals surface area (Å²) in [5.74, 6) is -0.346. The molecule has 2 unspecified atom stereocenters. The number of amides is 2. The van der Waals surface area contributed by atoms with E-state index >= 15 is 0 Å². The average molecular weight is 408 g/mol. The van der Waals surface area contributed by atoms with Crippen LogP contribution in [0.3, 0.4) is 0 Å². The molecule has 5 nitrogen and oxygen atoms in total. The Kier molecular flexibility index (Phi) is 7.66. The number of piperazine rings is 1. The fourth-order valence-corrected chi connectivity index (χ4v) is 3.36. The second-order valence-electron chi connectivity index (χ2n) is 6.37. The molecule has 1 heterocycles. The minimum atomic E-state index is -0.609. The molecule has 2 aromatic rings. The number of nitrogens with one attached hydrogen (secondary N) is 2. The molecule has 7 heteroatoms. The van der Waals surface area contributed by atoms with Crippen molar-refractivity contribution in [3.05, 3.63) is 70.7 Å². The van der Waals surface area contributed by atoms with Crippen LogP contribution in [0.4, 0.5) is 0 Å². The molecule has 2 amide bonds. The molecule has 2 N–H and O–H groups in total. The predicted molar refractivity (Wildman–Crippen MR) is 109 cm³/mol. The lowest BCUT2D eigenvalue weighted by atomic mass is 10.0. The van der Waals surface area contributed by atoms with Crippen molar-refractivity contribution < 1.29 is 9.59 Å². The summed E-state index contributed by atoms with van der Waals surface area (Å²) in [4.78, 5) is 27.1. The van der Waals surface area contributed by atoms with Gasteiger partial charge in [-0.1, -0.05) is 41.9 Å². The minimum absolute atomic E-state index is 0. The van der Waals surface area contributed by atoms with E-state index in [0.717, 1.165) is 12.1 Å². The second-order valence-corrected chi connectivity index (χ2v) is 6.80. The van der Waals surface area contributed by atoms with Crippen LogP contribution in [0.5, 0.6) is 0 Å². The van der Waals surface area contributed by atoms with Crippen LogP contribution in [0.25, 0.3) is 0 Å². The first-order chi connectivity index (χ1) is 12.6. The molecule has 1 fully saturated rings. The molecule has 2 atom stereocenters. The Morgan fingerprint density at radius 1 is 1.19 bits per heavy atom. The third kappa shape index (κ3) is 5.22. The zero-order chi connectivity index (χ0) is 18.5. The maximum atomic E-state index is 13.0. The van der Waals surface area contributed by atoms with Crippen LogP contribution in [0, 0.1) is 0 Å². The van der Waals surface area contributed by atoms with Gasteiger partial charge >= 0.3 is 0 Å². The molecule has 0 saturated carbocycles. The van der Waals surface area contributed by atoms with Gasteiger partial charge in [-0.15, -0.1) is 12.4 Å². The van der Waals surface area contributed by atoms with Crippen molar-refractivity contribution in [2.75, 3.05) is 19.6 Å². The lowest BCUT2D eigenvalue weighted by Gasteiger charge is -2.38. The van der Waals surface area contributed by atoms with E-state index in [0.29, 0.717) is 23.7 Å². The molecule has 1 aliphatic heterocycles. The van der Waals surface area contributed by atoms with Crippen LogP contribution in [-0.4, -0.2) is 42.4 Å². The van der Waals surface area contributed by atoms with E-state index in [9.17, 15) is 9.59 Å². The van der Waals surface area contributed by atoms with Gasteiger partial charge in [-0.05, 0) is 36.8 Å². The molecule has 0 aliphatic carbocycles. The van der Waals surface area contributed by atoms with Crippen LogP contribution < -0.4 is 10.6 Å². The number of carbonyl (C=O) groups excluding carboxylic acids is 2. The SMILES string of the molecule is CC(NC(=O)c1ccccc1)C(=O)N1CCNCC1c1cccc(Cl)c1.Cl. The van der Waals surface area contributed by atoms with Gasteiger partial charge in [-0.2, -0.15) is 0 Å². The van der Waals surface area contributed by atoms with Gasteiger partial charge in [0, 0.05) is 30.2 Å². The van der Waals surface area contributed by atoms with Crippen molar-refractivity contribution in [3.8, 4) is 0 Å². The molecule has 27 heavy (non-hydrogen) atoms. The standard InChI is InChI=1S/C20H22ClN3O2.ClH/c1-14(23-19(25)15-6-3-2-4-7-15)20(26)24-11-10-22-13-18(24)16-8-5-9-17(21)12-16;/h2-9,12,14,18,22H,10-11,13H2,1H3,(H,23,25);1H. The predicted octanol–water partition coefficient (Wildman–Crippen LogP) is 3.05. The van der Waals surface area contributed by atoms with Crippen molar-refractivity contribution in [3.63, 3.8) is 0 Å². The Morgan fingerprint density at radius 2 is 1.93 bits per heavy atom. The zero-order valence-electron chi connectivity index (χ0n) is 15.0. The molecule has 144 valence electrons. The van der Waals surface area contributed by atoms with Crippen molar-refractivity contribution in [2.45, 2.75) is 19.0 Å². The van der Waals surface area contributed by atoms with E-state index in [1.165, 1.54) is 0 Å². The van der Waals surface area contributed by atoms with Crippen LogP contribution >= 0.6 is 24.0 Å². The summed E-state index contributed by atoms with van der Waals surface area (Å²) in [5, 5.41) is 6.76. The topological polar surface area (TPSA) is 61.4 Å². The van der Waals surface area contributed by atoms with Gasteiger partial charge in [0.25, 0.3) is 5.91 Å². The maximum Gasteiger partial charge on any atom is 0.251 e. The number of rotatable bonds is 4. The molecule has 0 radical (unpaired) electrons. The van der Waals surface area contributed by atoms with Gasteiger partial charge < -0.3 is 15.5 Å². The number of benzene rings is 2. The van der Waals surface area contributed by atoms with E-state index < -0.39 is 6.04 Å². The Bertz CT molecular complexity index is 786. The number of carbonyl (C=O) groups is 2. The number of hydrogen-bond donors (Lipinski definition) is 2. The fraction of sp³-hybridized carbons (Fsp3) is 0.300. The molecule has 3 rings (SSSR count). The summed E-state index contributed by atoms with van der Waals surface area (Å²) in [6, 6.07) is 15.7. The summed E-state index contributed by atoms with van der Waals surface area (Å²) < 4.78 is 0. The first-order valence-corrected chi connectivity index (χ1v) is 9.06. The van der Waals surface area contributed by atoms with Gasteiger partial charge in [-0.3, -0.25) is 9.59 Å².